The number of ether oxygens (including phenoxy) is 2. The molecule has 0 saturated heterocycles. The standard InChI is InChI=1S/C11H15F2NO5S/c1-18-2-3-19-4-5-20(16,17)14-10-7-8(12)6-9(13)11(10)15/h6-7,14-15H,2-5H2,1H3. The molecule has 1 rings (SSSR count). The van der Waals surface area contributed by atoms with Crippen molar-refractivity contribution in [2.24, 2.45) is 0 Å². The van der Waals surface area contributed by atoms with Gasteiger partial charge in [0.15, 0.2) is 11.6 Å². The average molecular weight is 311 g/mol. The van der Waals surface area contributed by atoms with Gasteiger partial charge in [0.2, 0.25) is 10.0 Å². The Kier molecular flexibility index (Phi) is 6.11. The fourth-order valence-electron chi connectivity index (χ4n) is 1.28. The number of benzene rings is 1. The summed E-state index contributed by atoms with van der Waals surface area (Å²) < 4.78 is 60.8. The summed E-state index contributed by atoms with van der Waals surface area (Å²) in [6, 6.07) is 1.13. The Bertz CT molecular complexity index is 550. The van der Waals surface area contributed by atoms with Crippen LogP contribution in [-0.4, -0.2) is 46.2 Å². The number of phenolic OH excluding ortho intramolecular Hbond substituents is 1. The first-order valence-electron chi connectivity index (χ1n) is 5.61. The highest BCUT2D eigenvalue weighted by Crippen LogP contribution is 2.28. The molecule has 0 bridgehead atoms. The molecule has 0 spiro atoms. The molecular formula is C11H15F2NO5S. The van der Waals surface area contributed by atoms with Crippen molar-refractivity contribution in [3.63, 3.8) is 0 Å². The van der Waals surface area contributed by atoms with Crippen molar-refractivity contribution < 1.29 is 31.8 Å². The maximum atomic E-state index is 13.0. The number of phenols is 1. The lowest BCUT2D eigenvalue weighted by Crippen LogP contribution is -2.21. The predicted octanol–water partition coefficient (Wildman–Crippen LogP) is 1.08. The molecule has 0 saturated carbocycles. The van der Waals surface area contributed by atoms with Crippen molar-refractivity contribution in [1.82, 2.24) is 0 Å². The zero-order valence-corrected chi connectivity index (χ0v) is 11.5. The van der Waals surface area contributed by atoms with Gasteiger partial charge in [0, 0.05) is 19.2 Å². The predicted molar refractivity (Wildman–Crippen MR) is 68.1 cm³/mol. The number of methoxy groups -OCH3 is 1. The van der Waals surface area contributed by atoms with Crippen LogP contribution in [0.4, 0.5) is 14.5 Å². The minimum atomic E-state index is -3.89. The number of sulfonamides is 1. The van der Waals surface area contributed by atoms with Gasteiger partial charge in [-0.25, -0.2) is 17.2 Å². The maximum absolute atomic E-state index is 13.0. The summed E-state index contributed by atoms with van der Waals surface area (Å²) in [7, 11) is -2.41. The summed E-state index contributed by atoms with van der Waals surface area (Å²) in [6.45, 7) is 0.437. The number of aromatic hydroxyl groups is 1. The molecule has 2 N–H and O–H groups in total. The van der Waals surface area contributed by atoms with E-state index in [9.17, 15) is 22.3 Å². The van der Waals surface area contributed by atoms with Crippen LogP contribution in [0.15, 0.2) is 12.1 Å². The van der Waals surface area contributed by atoms with E-state index in [1.807, 2.05) is 4.72 Å². The number of nitrogens with one attached hydrogen (secondary N) is 1. The summed E-state index contributed by atoms with van der Waals surface area (Å²) in [5.74, 6) is -3.64. The van der Waals surface area contributed by atoms with E-state index in [2.05, 4.69) is 0 Å². The van der Waals surface area contributed by atoms with Crippen molar-refractivity contribution >= 4 is 15.7 Å². The van der Waals surface area contributed by atoms with E-state index in [1.165, 1.54) is 7.11 Å². The quantitative estimate of drug-likeness (QED) is 0.554. The fourth-order valence-corrected chi connectivity index (χ4v) is 2.21. The Morgan fingerprint density at radius 2 is 1.95 bits per heavy atom. The zero-order chi connectivity index (χ0) is 15.2. The lowest BCUT2D eigenvalue weighted by atomic mass is 10.3. The smallest absolute Gasteiger partial charge is 0.235 e. The van der Waals surface area contributed by atoms with Crippen LogP contribution >= 0.6 is 0 Å². The Labute approximate surface area is 115 Å². The van der Waals surface area contributed by atoms with Gasteiger partial charge in [0.05, 0.1) is 31.3 Å². The van der Waals surface area contributed by atoms with Gasteiger partial charge in [-0.05, 0) is 0 Å². The third kappa shape index (κ3) is 5.27. The second-order valence-electron chi connectivity index (χ2n) is 3.81. The Hall–Kier alpha value is -1.45. The first-order valence-corrected chi connectivity index (χ1v) is 7.26. The van der Waals surface area contributed by atoms with Crippen molar-refractivity contribution in [1.29, 1.82) is 0 Å². The number of rotatable bonds is 8. The molecule has 1 aromatic rings. The molecule has 0 aromatic heterocycles. The Balaban J connectivity index is 2.62. The highest BCUT2D eigenvalue weighted by Gasteiger charge is 2.16. The van der Waals surface area contributed by atoms with E-state index in [0.717, 1.165) is 0 Å². The van der Waals surface area contributed by atoms with Gasteiger partial charge in [0.25, 0.3) is 0 Å². The molecule has 0 aliphatic carbocycles. The normalized spacial score (nSPS) is 11.6. The van der Waals surface area contributed by atoms with Gasteiger partial charge in [-0.2, -0.15) is 0 Å². The van der Waals surface area contributed by atoms with E-state index in [4.69, 9.17) is 9.47 Å². The van der Waals surface area contributed by atoms with Crippen LogP contribution in [0.3, 0.4) is 0 Å². The molecule has 9 heteroatoms. The number of hydrogen-bond donors (Lipinski definition) is 2. The van der Waals surface area contributed by atoms with E-state index in [0.29, 0.717) is 18.7 Å². The minimum absolute atomic E-state index is 0.114. The van der Waals surface area contributed by atoms with Gasteiger partial charge >= 0.3 is 0 Å². The summed E-state index contributed by atoms with van der Waals surface area (Å²) in [6.07, 6.45) is 0. The summed E-state index contributed by atoms with van der Waals surface area (Å²) in [5.41, 5.74) is -0.556. The summed E-state index contributed by atoms with van der Waals surface area (Å²) in [4.78, 5) is 0. The van der Waals surface area contributed by atoms with Gasteiger partial charge in [-0.3, -0.25) is 4.72 Å². The van der Waals surface area contributed by atoms with Crippen molar-refractivity contribution in [3.05, 3.63) is 23.8 Å². The lowest BCUT2D eigenvalue weighted by molar-refractivity contribution is 0.0785. The molecule has 0 aliphatic heterocycles. The zero-order valence-electron chi connectivity index (χ0n) is 10.7. The van der Waals surface area contributed by atoms with E-state index in [-0.39, 0.29) is 13.2 Å². The molecule has 0 amide bonds. The fraction of sp³-hybridized carbons (Fsp3) is 0.455. The van der Waals surface area contributed by atoms with Crippen LogP contribution in [0.25, 0.3) is 0 Å². The molecule has 0 aliphatic rings. The molecule has 0 heterocycles. The van der Waals surface area contributed by atoms with Crippen LogP contribution in [0.5, 0.6) is 5.75 Å². The van der Waals surface area contributed by atoms with Crippen LogP contribution < -0.4 is 4.72 Å². The van der Waals surface area contributed by atoms with E-state index >= 15 is 0 Å². The monoisotopic (exact) mass is 311 g/mol. The molecule has 6 nitrogen and oxygen atoms in total. The maximum Gasteiger partial charge on any atom is 0.235 e. The second kappa shape index (κ2) is 7.36. The van der Waals surface area contributed by atoms with Crippen LogP contribution in [0.1, 0.15) is 0 Å². The Morgan fingerprint density at radius 1 is 1.25 bits per heavy atom. The summed E-state index contributed by atoms with van der Waals surface area (Å²) >= 11 is 0. The van der Waals surface area contributed by atoms with E-state index in [1.54, 1.807) is 0 Å². The third-order valence-electron chi connectivity index (χ3n) is 2.22. The molecule has 0 unspecified atom stereocenters. The number of halogens is 2. The molecule has 20 heavy (non-hydrogen) atoms. The highest BCUT2D eigenvalue weighted by atomic mass is 32.2. The van der Waals surface area contributed by atoms with Crippen molar-refractivity contribution in [3.8, 4) is 5.75 Å². The average Bonchev–Trinajstić information content (AvgIpc) is 2.34. The third-order valence-corrected chi connectivity index (χ3v) is 3.46. The van der Waals surface area contributed by atoms with Gasteiger partial charge in [0.1, 0.15) is 5.82 Å². The molecule has 0 atom stereocenters. The number of hydrogen-bond acceptors (Lipinski definition) is 5. The van der Waals surface area contributed by atoms with Crippen molar-refractivity contribution in [2.75, 3.05) is 37.4 Å². The SMILES string of the molecule is COCCOCCS(=O)(=O)Nc1cc(F)cc(F)c1O. The summed E-state index contributed by atoms with van der Waals surface area (Å²) in [5, 5.41) is 9.31. The molecular weight excluding hydrogens is 296 g/mol. The first kappa shape index (κ1) is 16.6. The largest absolute Gasteiger partial charge is 0.503 e. The molecule has 114 valence electrons. The molecule has 1 aromatic carbocycles. The van der Waals surface area contributed by atoms with Gasteiger partial charge in [-0.1, -0.05) is 0 Å². The van der Waals surface area contributed by atoms with Crippen LogP contribution in [0, 0.1) is 11.6 Å². The van der Waals surface area contributed by atoms with Crippen molar-refractivity contribution in [2.45, 2.75) is 0 Å². The van der Waals surface area contributed by atoms with Crippen LogP contribution in [-0.2, 0) is 19.5 Å². The van der Waals surface area contributed by atoms with Gasteiger partial charge in [-0.15, -0.1) is 0 Å². The number of anilines is 1. The van der Waals surface area contributed by atoms with E-state index < -0.39 is 38.8 Å². The Morgan fingerprint density at radius 3 is 2.60 bits per heavy atom. The minimum Gasteiger partial charge on any atom is -0.503 e. The highest BCUT2D eigenvalue weighted by molar-refractivity contribution is 7.92. The lowest BCUT2D eigenvalue weighted by Gasteiger charge is -2.10. The second-order valence-corrected chi connectivity index (χ2v) is 5.65. The first-order chi connectivity index (χ1) is 9.35. The topological polar surface area (TPSA) is 84.9 Å². The molecule has 0 fully saturated rings. The molecule has 0 radical (unpaired) electrons. The van der Waals surface area contributed by atoms with Gasteiger partial charge < -0.3 is 14.6 Å². The van der Waals surface area contributed by atoms with Crippen LogP contribution in [0.2, 0.25) is 0 Å².